The van der Waals surface area contributed by atoms with Crippen LogP contribution >= 0.6 is 0 Å². The average molecular weight is 219 g/mol. The van der Waals surface area contributed by atoms with Gasteiger partial charge in [0.1, 0.15) is 0 Å². The van der Waals surface area contributed by atoms with Crippen molar-refractivity contribution >= 4 is 0 Å². The van der Waals surface area contributed by atoms with Crippen molar-refractivity contribution in [2.24, 2.45) is 5.73 Å². The molecule has 3 nitrogen and oxygen atoms in total. The van der Waals surface area contributed by atoms with Crippen LogP contribution in [0, 0.1) is 0 Å². The Kier molecular flexibility index (Phi) is 4.31. The Labute approximate surface area is 97.5 Å². The third-order valence-electron chi connectivity index (χ3n) is 3.37. The molecule has 1 saturated carbocycles. The Bertz CT molecular complexity index is 291. The van der Waals surface area contributed by atoms with Crippen LogP contribution in [0.4, 0.5) is 0 Å². The molecule has 1 fully saturated rings. The molecule has 88 valence electrons. The number of nitrogens with one attached hydrogen (secondary N) is 1. The Morgan fingerprint density at radius 3 is 2.56 bits per heavy atom. The fraction of sp³-hybridized carbons (Fsp3) is 0.615. The number of rotatable bonds is 4. The van der Waals surface area contributed by atoms with Gasteiger partial charge in [-0.15, -0.1) is 0 Å². The first-order valence-corrected chi connectivity index (χ1v) is 6.22. The normalized spacial score (nSPS) is 25.6. The predicted octanol–water partition coefficient (Wildman–Crippen LogP) is 1.48. The molecule has 0 spiro atoms. The summed E-state index contributed by atoms with van der Waals surface area (Å²) in [7, 11) is 0. The Morgan fingerprint density at radius 2 is 1.88 bits per heavy atom. The molecule has 1 aliphatic carbocycles. The highest BCUT2D eigenvalue weighted by Crippen LogP contribution is 2.16. The smallest absolute Gasteiger partial charge is 0.0270 e. The summed E-state index contributed by atoms with van der Waals surface area (Å²) in [5, 5.41) is 3.61. The highest BCUT2D eigenvalue weighted by molar-refractivity contribution is 5.09. The van der Waals surface area contributed by atoms with Gasteiger partial charge in [-0.05, 0) is 56.3 Å². The monoisotopic (exact) mass is 219 g/mol. The van der Waals surface area contributed by atoms with Gasteiger partial charge in [0.2, 0.25) is 0 Å². The maximum absolute atomic E-state index is 5.88. The van der Waals surface area contributed by atoms with Crippen LogP contribution in [0.5, 0.6) is 0 Å². The van der Waals surface area contributed by atoms with Crippen molar-refractivity contribution in [1.82, 2.24) is 10.3 Å². The van der Waals surface area contributed by atoms with Gasteiger partial charge < -0.3 is 11.1 Å². The van der Waals surface area contributed by atoms with Crippen LogP contribution < -0.4 is 11.1 Å². The zero-order valence-corrected chi connectivity index (χ0v) is 9.73. The van der Waals surface area contributed by atoms with Crippen molar-refractivity contribution in [3.8, 4) is 0 Å². The Balaban J connectivity index is 1.65. The second kappa shape index (κ2) is 5.97. The third-order valence-corrected chi connectivity index (χ3v) is 3.37. The number of nitrogens with zero attached hydrogens (tertiary/aromatic N) is 1. The van der Waals surface area contributed by atoms with E-state index in [0.717, 1.165) is 13.0 Å². The first-order valence-electron chi connectivity index (χ1n) is 6.22. The van der Waals surface area contributed by atoms with Gasteiger partial charge in [0, 0.05) is 24.5 Å². The molecular formula is C13H21N3. The van der Waals surface area contributed by atoms with Gasteiger partial charge >= 0.3 is 0 Å². The molecule has 0 radical (unpaired) electrons. The summed E-state index contributed by atoms with van der Waals surface area (Å²) in [4.78, 5) is 4.02. The summed E-state index contributed by atoms with van der Waals surface area (Å²) < 4.78 is 0. The van der Waals surface area contributed by atoms with Crippen molar-refractivity contribution in [3.63, 3.8) is 0 Å². The molecule has 16 heavy (non-hydrogen) atoms. The lowest BCUT2D eigenvalue weighted by atomic mass is 9.92. The fourth-order valence-electron chi connectivity index (χ4n) is 2.29. The van der Waals surface area contributed by atoms with E-state index in [2.05, 4.69) is 22.4 Å². The molecule has 0 unspecified atom stereocenters. The lowest BCUT2D eigenvalue weighted by molar-refractivity contribution is 0.344. The van der Waals surface area contributed by atoms with E-state index < -0.39 is 0 Å². The van der Waals surface area contributed by atoms with Crippen molar-refractivity contribution < 1.29 is 0 Å². The van der Waals surface area contributed by atoms with Gasteiger partial charge in [0.15, 0.2) is 0 Å². The highest BCUT2D eigenvalue weighted by Gasteiger charge is 2.17. The number of aromatic nitrogens is 1. The lowest BCUT2D eigenvalue weighted by Gasteiger charge is -2.26. The molecule has 0 atom stereocenters. The fourth-order valence-corrected chi connectivity index (χ4v) is 2.29. The van der Waals surface area contributed by atoms with E-state index in [4.69, 9.17) is 5.73 Å². The molecule has 2 rings (SSSR count). The Hall–Kier alpha value is -0.930. The predicted molar refractivity (Wildman–Crippen MR) is 66.2 cm³/mol. The van der Waals surface area contributed by atoms with E-state index in [1.807, 2.05) is 12.4 Å². The summed E-state index contributed by atoms with van der Waals surface area (Å²) in [5.41, 5.74) is 7.24. The second-order valence-electron chi connectivity index (χ2n) is 4.67. The lowest BCUT2D eigenvalue weighted by Crippen LogP contribution is -2.38. The number of hydrogen-bond acceptors (Lipinski definition) is 3. The van der Waals surface area contributed by atoms with Crippen LogP contribution in [0.1, 0.15) is 31.2 Å². The molecule has 1 aromatic heterocycles. The summed E-state index contributed by atoms with van der Waals surface area (Å²) in [6, 6.07) is 5.29. The molecule has 0 aliphatic heterocycles. The molecule has 3 N–H and O–H groups in total. The van der Waals surface area contributed by atoms with Crippen LogP contribution in [0.2, 0.25) is 0 Å². The first kappa shape index (κ1) is 11.6. The van der Waals surface area contributed by atoms with Crippen molar-refractivity contribution in [2.75, 3.05) is 6.54 Å². The van der Waals surface area contributed by atoms with E-state index in [0.29, 0.717) is 12.1 Å². The second-order valence-corrected chi connectivity index (χ2v) is 4.67. The van der Waals surface area contributed by atoms with Crippen LogP contribution in [0.3, 0.4) is 0 Å². The van der Waals surface area contributed by atoms with E-state index in [1.165, 1.54) is 31.2 Å². The van der Waals surface area contributed by atoms with E-state index in [9.17, 15) is 0 Å². The summed E-state index contributed by atoms with van der Waals surface area (Å²) in [6.45, 7) is 1.06. The minimum absolute atomic E-state index is 0.443. The van der Waals surface area contributed by atoms with Gasteiger partial charge in [0.05, 0.1) is 0 Å². The number of hydrogen-bond donors (Lipinski definition) is 2. The molecule has 0 bridgehead atoms. The number of pyridine rings is 1. The van der Waals surface area contributed by atoms with Crippen LogP contribution in [-0.4, -0.2) is 23.6 Å². The third kappa shape index (κ3) is 3.58. The molecule has 1 heterocycles. The molecule has 0 saturated heterocycles. The van der Waals surface area contributed by atoms with Crippen LogP contribution in [0.15, 0.2) is 24.5 Å². The zero-order valence-electron chi connectivity index (χ0n) is 9.73. The minimum Gasteiger partial charge on any atom is -0.328 e. The van der Waals surface area contributed by atoms with E-state index in [1.54, 1.807) is 0 Å². The summed E-state index contributed by atoms with van der Waals surface area (Å²) in [6.07, 6.45) is 9.61. The maximum Gasteiger partial charge on any atom is 0.0270 e. The quantitative estimate of drug-likeness (QED) is 0.806. The number of nitrogens with two attached hydrogens (primary N) is 1. The van der Waals surface area contributed by atoms with Crippen molar-refractivity contribution in [2.45, 2.75) is 44.2 Å². The van der Waals surface area contributed by atoms with E-state index >= 15 is 0 Å². The van der Waals surface area contributed by atoms with Crippen molar-refractivity contribution in [1.29, 1.82) is 0 Å². The van der Waals surface area contributed by atoms with E-state index in [-0.39, 0.29) is 0 Å². The molecule has 1 aromatic rings. The molecular weight excluding hydrogens is 198 g/mol. The topological polar surface area (TPSA) is 50.9 Å². The van der Waals surface area contributed by atoms with Crippen LogP contribution in [0.25, 0.3) is 0 Å². The molecule has 0 amide bonds. The average Bonchev–Trinajstić information content (AvgIpc) is 2.33. The van der Waals surface area contributed by atoms with Gasteiger partial charge in [-0.1, -0.05) is 0 Å². The van der Waals surface area contributed by atoms with Gasteiger partial charge in [-0.3, -0.25) is 4.98 Å². The van der Waals surface area contributed by atoms with Gasteiger partial charge in [-0.2, -0.15) is 0 Å². The molecule has 0 aromatic carbocycles. The van der Waals surface area contributed by atoms with Gasteiger partial charge in [-0.25, -0.2) is 0 Å². The zero-order chi connectivity index (χ0) is 11.2. The Morgan fingerprint density at radius 1 is 1.19 bits per heavy atom. The largest absolute Gasteiger partial charge is 0.328 e. The molecule has 1 aliphatic rings. The minimum atomic E-state index is 0.443. The highest BCUT2D eigenvalue weighted by atomic mass is 14.9. The standard InChI is InChI=1S/C13H21N3/c14-12-1-3-13(4-2-12)16-10-7-11-5-8-15-9-6-11/h5-6,8-9,12-13,16H,1-4,7,10,14H2. The van der Waals surface area contributed by atoms with Crippen LogP contribution in [-0.2, 0) is 6.42 Å². The molecule has 3 heteroatoms. The van der Waals surface area contributed by atoms with Gasteiger partial charge in [0.25, 0.3) is 0 Å². The SMILES string of the molecule is NC1CCC(NCCc2ccncc2)CC1. The van der Waals surface area contributed by atoms with Crippen molar-refractivity contribution in [3.05, 3.63) is 30.1 Å². The summed E-state index contributed by atoms with van der Waals surface area (Å²) >= 11 is 0. The first-order chi connectivity index (χ1) is 7.84. The summed E-state index contributed by atoms with van der Waals surface area (Å²) in [5.74, 6) is 0. The maximum atomic E-state index is 5.88.